The second-order valence-corrected chi connectivity index (χ2v) is 9.25. The van der Waals surface area contributed by atoms with E-state index in [0.29, 0.717) is 32.4 Å². The number of carbonyl (C=O) groups is 1. The maximum absolute atomic E-state index is 13.2. The molecule has 2 heterocycles. The Kier molecular flexibility index (Phi) is 6.06. The minimum atomic E-state index is -0.104. The van der Waals surface area contributed by atoms with Gasteiger partial charge in [-0.1, -0.05) is 41.0 Å². The Morgan fingerprint density at radius 3 is 2.67 bits per heavy atom. The molecule has 2 aromatic rings. The number of benzene rings is 2. The summed E-state index contributed by atoms with van der Waals surface area (Å²) in [6, 6.07) is 11.0. The van der Waals surface area contributed by atoms with Gasteiger partial charge in [0.15, 0.2) is 5.17 Å². The van der Waals surface area contributed by atoms with Crippen molar-refractivity contribution in [2.75, 3.05) is 25.6 Å². The molecular formula is C21H17Cl2N3O2S2. The maximum atomic E-state index is 13.2. The average molecular weight is 478 g/mol. The van der Waals surface area contributed by atoms with Crippen molar-refractivity contribution >= 4 is 69.2 Å². The number of ether oxygens (including phenoxy) is 1. The standard InChI is InChI=1S/C21H17Cl2N3O2S2/c1-4-9-26-19(27)18(30-21(26)24-12-5-7-14(22)15(23)10-12)20-25(2)16-11-13(28-3)6-8-17(16)29-20/h4-8,10-11H,1,9H2,2-3H3/b20-18-,24-21?. The van der Waals surface area contributed by atoms with E-state index in [-0.39, 0.29) is 5.91 Å². The lowest BCUT2D eigenvalue weighted by Gasteiger charge is -2.15. The molecule has 0 N–H and O–H groups in total. The number of amidine groups is 1. The van der Waals surface area contributed by atoms with E-state index in [2.05, 4.69) is 11.6 Å². The van der Waals surface area contributed by atoms with Crippen molar-refractivity contribution in [3.8, 4) is 5.75 Å². The van der Waals surface area contributed by atoms with Gasteiger partial charge in [-0.05, 0) is 42.1 Å². The van der Waals surface area contributed by atoms with E-state index in [1.165, 1.54) is 11.8 Å². The Hall–Kier alpha value is -2.06. The van der Waals surface area contributed by atoms with Crippen molar-refractivity contribution in [3.63, 3.8) is 0 Å². The summed E-state index contributed by atoms with van der Waals surface area (Å²) in [5.41, 5.74) is 1.63. The quantitative estimate of drug-likeness (QED) is 0.389. The first-order chi connectivity index (χ1) is 14.4. The first-order valence-corrected chi connectivity index (χ1v) is 11.3. The van der Waals surface area contributed by atoms with Gasteiger partial charge in [0.05, 0.1) is 33.6 Å². The SMILES string of the molecule is C=CCN1C(=O)/C(=C2/Sc3ccc(OC)cc3N2C)SC1=Nc1ccc(Cl)c(Cl)c1. The molecule has 1 saturated heterocycles. The number of carbonyl (C=O) groups excluding carboxylic acids is 1. The number of hydrogen-bond donors (Lipinski definition) is 0. The van der Waals surface area contributed by atoms with E-state index in [0.717, 1.165) is 21.4 Å². The van der Waals surface area contributed by atoms with Gasteiger partial charge in [-0.2, -0.15) is 0 Å². The third-order valence-electron chi connectivity index (χ3n) is 4.54. The molecule has 1 amide bonds. The van der Waals surface area contributed by atoms with E-state index in [9.17, 15) is 4.79 Å². The Balaban J connectivity index is 1.73. The van der Waals surface area contributed by atoms with E-state index in [1.807, 2.05) is 30.1 Å². The lowest BCUT2D eigenvalue weighted by molar-refractivity contribution is -0.121. The van der Waals surface area contributed by atoms with Gasteiger partial charge in [-0.15, -0.1) is 6.58 Å². The van der Waals surface area contributed by atoms with Crippen LogP contribution in [0.1, 0.15) is 0 Å². The summed E-state index contributed by atoms with van der Waals surface area (Å²) in [5.74, 6) is 0.667. The van der Waals surface area contributed by atoms with Crippen molar-refractivity contribution < 1.29 is 9.53 Å². The second kappa shape index (κ2) is 8.59. The summed E-state index contributed by atoms with van der Waals surface area (Å²) in [7, 11) is 3.58. The molecule has 0 unspecified atom stereocenters. The number of rotatable bonds is 4. The summed E-state index contributed by atoms with van der Waals surface area (Å²) in [6.07, 6.45) is 1.68. The largest absolute Gasteiger partial charge is 0.497 e. The Labute approximate surface area is 193 Å². The van der Waals surface area contributed by atoms with Crippen molar-refractivity contribution in [1.29, 1.82) is 0 Å². The number of halogens is 2. The molecule has 4 rings (SSSR count). The van der Waals surface area contributed by atoms with Crippen LogP contribution in [0.4, 0.5) is 11.4 Å². The van der Waals surface area contributed by atoms with Gasteiger partial charge >= 0.3 is 0 Å². The zero-order chi connectivity index (χ0) is 21.4. The number of fused-ring (bicyclic) bond motifs is 1. The van der Waals surface area contributed by atoms with Crippen LogP contribution in [0.2, 0.25) is 10.0 Å². The number of thioether (sulfide) groups is 2. The first-order valence-electron chi connectivity index (χ1n) is 8.91. The average Bonchev–Trinajstić information content (AvgIpc) is 3.22. The number of hydrogen-bond acceptors (Lipinski definition) is 6. The highest BCUT2D eigenvalue weighted by atomic mass is 35.5. The van der Waals surface area contributed by atoms with Gasteiger partial charge < -0.3 is 9.64 Å². The number of anilines is 1. The number of aliphatic imine (C=N–C) groups is 1. The molecule has 0 radical (unpaired) electrons. The molecule has 0 aliphatic carbocycles. The molecule has 0 bridgehead atoms. The monoisotopic (exact) mass is 477 g/mol. The van der Waals surface area contributed by atoms with Crippen molar-refractivity contribution in [2.45, 2.75) is 4.90 Å². The van der Waals surface area contributed by atoms with Gasteiger partial charge in [0.1, 0.15) is 10.7 Å². The Bertz CT molecular complexity index is 1120. The lowest BCUT2D eigenvalue weighted by atomic mass is 10.3. The number of methoxy groups -OCH3 is 1. The van der Waals surface area contributed by atoms with Gasteiger partial charge in [-0.3, -0.25) is 9.69 Å². The maximum Gasteiger partial charge on any atom is 0.269 e. The van der Waals surface area contributed by atoms with Crippen LogP contribution in [0, 0.1) is 0 Å². The molecule has 2 aliphatic heterocycles. The van der Waals surface area contributed by atoms with Crippen LogP contribution >= 0.6 is 46.7 Å². The fourth-order valence-electron chi connectivity index (χ4n) is 3.03. The van der Waals surface area contributed by atoms with Crippen LogP contribution < -0.4 is 9.64 Å². The van der Waals surface area contributed by atoms with Gasteiger partial charge in [0.25, 0.3) is 5.91 Å². The van der Waals surface area contributed by atoms with Crippen LogP contribution in [0.25, 0.3) is 0 Å². The lowest BCUT2D eigenvalue weighted by Crippen LogP contribution is -2.29. The molecular weight excluding hydrogens is 461 g/mol. The Morgan fingerprint density at radius 2 is 1.97 bits per heavy atom. The van der Waals surface area contributed by atoms with Crippen LogP contribution in [0.15, 0.2) is 68.9 Å². The van der Waals surface area contributed by atoms with E-state index < -0.39 is 0 Å². The van der Waals surface area contributed by atoms with Crippen LogP contribution in [-0.2, 0) is 4.79 Å². The molecule has 5 nitrogen and oxygen atoms in total. The topological polar surface area (TPSA) is 45.1 Å². The predicted octanol–water partition coefficient (Wildman–Crippen LogP) is 6.16. The van der Waals surface area contributed by atoms with E-state index in [4.69, 9.17) is 27.9 Å². The highest BCUT2D eigenvalue weighted by Crippen LogP contribution is 2.51. The molecule has 30 heavy (non-hydrogen) atoms. The van der Waals surface area contributed by atoms with Crippen molar-refractivity contribution in [3.05, 3.63) is 69.0 Å². The molecule has 9 heteroatoms. The summed E-state index contributed by atoms with van der Waals surface area (Å²) >= 11 is 15.0. The van der Waals surface area contributed by atoms with Crippen LogP contribution in [0.3, 0.4) is 0 Å². The normalized spacial score (nSPS) is 19.6. The molecule has 0 atom stereocenters. The van der Waals surface area contributed by atoms with Crippen molar-refractivity contribution in [2.24, 2.45) is 4.99 Å². The van der Waals surface area contributed by atoms with E-state index in [1.54, 1.807) is 48.0 Å². The zero-order valence-electron chi connectivity index (χ0n) is 16.2. The molecule has 2 aromatic carbocycles. The molecule has 0 saturated carbocycles. The molecule has 0 spiro atoms. The highest BCUT2D eigenvalue weighted by molar-refractivity contribution is 8.19. The summed E-state index contributed by atoms with van der Waals surface area (Å²) in [4.78, 5) is 23.2. The predicted molar refractivity (Wildman–Crippen MR) is 127 cm³/mol. The third kappa shape index (κ3) is 3.83. The highest BCUT2D eigenvalue weighted by Gasteiger charge is 2.38. The molecule has 1 fully saturated rings. The molecule has 2 aliphatic rings. The number of amides is 1. The van der Waals surface area contributed by atoms with Gasteiger partial charge in [0, 0.05) is 24.6 Å². The van der Waals surface area contributed by atoms with Crippen LogP contribution in [0.5, 0.6) is 5.75 Å². The smallest absolute Gasteiger partial charge is 0.269 e. The van der Waals surface area contributed by atoms with Crippen molar-refractivity contribution in [1.82, 2.24) is 4.90 Å². The fraction of sp³-hybridized carbons (Fsp3) is 0.143. The van der Waals surface area contributed by atoms with E-state index >= 15 is 0 Å². The molecule has 154 valence electrons. The fourth-order valence-corrected chi connectivity index (χ4v) is 5.65. The third-order valence-corrected chi connectivity index (χ3v) is 7.71. The summed E-state index contributed by atoms with van der Waals surface area (Å²) in [6.45, 7) is 4.13. The minimum absolute atomic E-state index is 0.104. The molecule has 0 aromatic heterocycles. The van der Waals surface area contributed by atoms with Gasteiger partial charge in [-0.25, -0.2) is 4.99 Å². The minimum Gasteiger partial charge on any atom is -0.497 e. The van der Waals surface area contributed by atoms with Crippen LogP contribution in [-0.4, -0.2) is 36.7 Å². The zero-order valence-corrected chi connectivity index (χ0v) is 19.3. The Morgan fingerprint density at radius 1 is 1.17 bits per heavy atom. The summed E-state index contributed by atoms with van der Waals surface area (Å²) in [5, 5.41) is 2.31. The number of nitrogens with zero attached hydrogens (tertiary/aromatic N) is 3. The first kappa shape index (κ1) is 21.2. The summed E-state index contributed by atoms with van der Waals surface area (Å²) < 4.78 is 5.34. The second-order valence-electron chi connectivity index (χ2n) is 6.43. The van der Waals surface area contributed by atoms with Gasteiger partial charge in [0.2, 0.25) is 0 Å².